The van der Waals surface area contributed by atoms with E-state index >= 15 is 4.39 Å². The van der Waals surface area contributed by atoms with Gasteiger partial charge in [0.05, 0.1) is 13.2 Å². The van der Waals surface area contributed by atoms with Crippen molar-refractivity contribution in [2.75, 3.05) is 19.8 Å². The minimum absolute atomic E-state index is 0.131. The van der Waals surface area contributed by atoms with Crippen LogP contribution >= 0.6 is 11.8 Å². The second-order valence-corrected chi connectivity index (χ2v) is 8.22. The van der Waals surface area contributed by atoms with Gasteiger partial charge >= 0.3 is 6.09 Å². The summed E-state index contributed by atoms with van der Waals surface area (Å²) in [5.74, 6) is 0. The molecule has 0 spiro atoms. The average Bonchev–Trinajstić information content (AvgIpc) is 3.00. The maximum Gasteiger partial charge on any atom is 0.416 e. The van der Waals surface area contributed by atoms with Crippen LogP contribution in [-0.4, -0.2) is 76.5 Å². The summed E-state index contributed by atoms with van der Waals surface area (Å²) in [6, 6.07) is -0.850. The fourth-order valence-electron chi connectivity index (χ4n) is 2.71. The summed E-state index contributed by atoms with van der Waals surface area (Å²) in [4.78, 5) is 18.2. The number of carbonyl (C=O) groups is 1. The Balaban J connectivity index is 2.20. The van der Waals surface area contributed by atoms with E-state index in [1.165, 1.54) is 17.1 Å². The van der Waals surface area contributed by atoms with Crippen molar-refractivity contribution < 1.29 is 28.5 Å². The Bertz CT molecular complexity index is 595. The number of alkyl halides is 1. The van der Waals surface area contributed by atoms with Crippen LogP contribution in [0.25, 0.3) is 0 Å². The Kier molecular flexibility index (Phi) is 7.44. The van der Waals surface area contributed by atoms with E-state index in [4.69, 9.17) is 14.2 Å². The van der Waals surface area contributed by atoms with Crippen LogP contribution in [0.1, 0.15) is 20.8 Å². The summed E-state index contributed by atoms with van der Waals surface area (Å²) < 4.78 is 31.6. The highest BCUT2D eigenvalue weighted by Gasteiger charge is 2.51. The van der Waals surface area contributed by atoms with Gasteiger partial charge in [0.1, 0.15) is 29.3 Å². The molecule has 152 valence electrons. The van der Waals surface area contributed by atoms with Gasteiger partial charge in [0.15, 0.2) is 11.3 Å². The van der Waals surface area contributed by atoms with E-state index in [0.29, 0.717) is 5.17 Å². The van der Waals surface area contributed by atoms with Crippen LogP contribution < -0.4 is 0 Å². The number of ether oxygens (including phenoxy) is 3. The molecule has 0 aromatic carbocycles. The van der Waals surface area contributed by atoms with Crippen LogP contribution in [0.4, 0.5) is 9.18 Å². The van der Waals surface area contributed by atoms with Crippen LogP contribution in [0.2, 0.25) is 0 Å². The van der Waals surface area contributed by atoms with E-state index in [9.17, 15) is 9.90 Å². The molecule has 2 heterocycles. The SMILES string of the molecule is C=CCO[C@H]1[C@H](F)[C@H]2N=C(N(CC=C)C(=O)OC(C)(C)C)S[C@H]2O[C@@H]1CO. The maximum absolute atomic E-state index is 15.0. The first-order valence-electron chi connectivity index (χ1n) is 8.70. The van der Waals surface area contributed by atoms with Gasteiger partial charge in [0.2, 0.25) is 0 Å². The molecule has 27 heavy (non-hydrogen) atoms. The quantitative estimate of drug-likeness (QED) is 0.688. The highest BCUT2D eigenvalue weighted by atomic mass is 32.2. The molecule has 5 atom stereocenters. The summed E-state index contributed by atoms with van der Waals surface area (Å²) in [7, 11) is 0. The van der Waals surface area contributed by atoms with Crippen LogP contribution in [-0.2, 0) is 14.2 Å². The van der Waals surface area contributed by atoms with Crippen molar-refractivity contribution in [1.82, 2.24) is 4.90 Å². The topological polar surface area (TPSA) is 80.6 Å². The second kappa shape index (κ2) is 9.18. The molecule has 0 saturated carbocycles. The van der Waals surface area contributed by atoms with E-state index in [0.717, 1.165) is 11.8 Å². The summed E-state index contributed by atoms with van der Waals surface area (Å²) in [5, 5.41) is 9.83. The van der Waals surface area contributed by atoms with E-state index in [-0.39, 0.29) is 19.8 Å². The molecule has 1 N–H and O–H groups in total. The fourth-order valence-corrected chi connectivity index (χ4v) is 3.92. The molecule has 2 rings (SSSR count). The van der Waals surface area contributed by atoms with Gasteiger partial charge in [-0.15, -0.1) is 13.2 Å². The molecule has 0 radical (unpaired) electrons. The molecule has 0 aliphatic carbocycles. The Morgan fingerprint density at radius 3 is 2.70 bits per heavy atom. The second-order valence-electron chi connectivity index (χ2n) is 7.16. The number of aliphatic hydroxyl groups excluding tert-OH is 1. The predicted octanol–water partition coefficient (Wildman–Crippen LogP) is 2.51. The zero-order valence-electron chi connectivity index (χ0n) is 15.8. The molecule has 0 unspecified atom stereocenters. The van der Waals surface area contributed by atoms with Gasteiger partial charge in [-0.05, 0) is 20.8 Å². The predicted molar refractivity (Wildman–Crippen MR) is 103 cm³/mol. The molecule has 1 amide bonds. The Labute approximate surface area is 163 Å². The molecule has 7 nitrogen and oxygen atoms in total. The maximum atomic E-state index is 15.0. The fraction of sp³-hybridized carbons (Fsp3) is 0.667. The minimum Gasteiger partial charge on any atom is -0.443 e. The molecule has 0 aromatic rings. The van der Waals surface area contributed by atoms with E-state index in [2.05, 4.69) is 18.2 Å². The molecule has 1 saturated heterocycles. The number of hydrogen-bond donors (Lipinski definition) is 1. The first-order valence-corrected chi connectivity index (χ1v) is 9.58. The van der Waals surface area contributed by atoms with Gasteiger partial charge < -0.3 is 19.3 Å². The number of fused-ring (bicyclic) bond motifs is 1. The Hall–Kier alpha value is -1.42. The third-order valence-corrected chi connectivity index (χ3v) is 4.98. The van der Waals surface area contributed by atoms with Crippen LogP contribution in [0.3, 0.4) is 0 Å². The number of amidine groups is 1. The highest BCUT2D eigenvalue weighted by molar-refractivity contribution is 8.14. The number of rotatable bonds is 6. The third kappa shape index (κ3) is 5.31. The van der Waals surface area contributed by atoms with Crippen molar-refractivity contribution in [2.24, 2.45) is 4.99 Å². The number of halogens is 1. The molecular weight excluding hydrogens is 375 g/mol. The summed E-state index contributed by atoms with van der Waals surface area (Å²) >= 11 is 1.12. The Morgan fingerprint density at radius 1 is 1.44 bits per heavy atom. The number of aliphatic imine (C=N–C) groups is 1. The van der Waals surface area contributed by atoms with Gasteiger partial charge in [-0.2, -0.15) is 0 Å². The van der Waals surface area contributed by atoms with Crippen molar-refractivity contribution >= 4 is 23.0 Å². The summed E-state index contributed by atoms with van der Waals surface area (Å²) in [6.45, 7) is 12.4. The molecule has 1 fully saturated rings. The summed E-state index contributed by atoms with van der Waals surface area (Å²) in [5.41, 5.74) is -1.34. The standard InChI is InChI=1S/C18H27FN2O5S/c1-6-8-21(17(23)26-18(3,4)5)16-20-13-12(19)14(24-9-7-2)11(10-22)25-15(13)27-16/h6-7,11-15,22H,1-2,8-10H2,3-5H3/t11-,12-,13-,14-,15-/m1/s1. The average molecular weight is 402 g/mol. The van der Waals surface area contributed by atoms with E-state index < -0.39 is 41.6 Å². The van der Waals surface area contributed by atoms with Crippen LogP contribution in [0.5, 0.6) is 0 Å². The Morgan fingerprint density at radius 2 is 2.15 bits per heavy atom. The highest BCUT2D eigenvalue weighted by Crippen LogP contribution is 2.39. The number of amides is 1. The summed E-state index contributed by atoms with van der Waals surface area (Å²) in [6.07, 6.45) is -0.838. The number of thioether (sulfide) groups is 1. The van der Waals surface area contributed by atoms with Gasteiger partial charge in [-0.3, -0.25) is 9.89 Å². The first kappa shape index (κ1) is 21.9. The molecule has 0 aromatic heterocycles. The smallest absolute Gasteiger partial charge is 0.416 e. The zero-order chi connectivity index (χ0) is 20.2. The number of nitrogens with zero attached hydrogens (tertiary/aromatic N) is 2. The van der Waals surface area contributed by atoms with Gasteiger partial charge in [0.25, 0.3) is 0 Å². The molecule has 0 bridgehead atoms. The molecule has 2 aliphatic heterocycles. The van der Waals surface area contributed by atoms with Crippen molar-refractivity contribution in [3.63, 3.8) is 0 Å². The molecular formula is C18H27FN2O5S. The van der Waals surface area contributed by atoms with Gasteiger partial charge in [-0.25, -0.2) is 9.18 Å². The van der Waals surface area contributed by atoms with Crippen molar-refractivity contribution in [2.45, 2.75) is 56.2 Å². The van der Waals surface area contributed by atoms with Gasteiger partial charge in [-0.1, -0.05) is 23.9 Å². The zero-order valence-corrected chi connectivity index (χ0v) is 16.7. The normalized spacial score (nSPS) is 30.3. The largest absolute Gasteiger partial charge is 0.443 e. The molecule has 9 heteroatoms. The van der Waals surface area contributed by atoms with Crippen LogP contribution in [0.15, 0.2) is 30.3 Å². The minimum atomic E-state index is -1.49. The van der Waals surface area contributed by atoms with E-state index in [1.54, 1.807) is 20.8 Å². The van der Waals surface area contributed by atoms with Crippen molar-refractivity contribution in [3.05, 3.63) is 25.3 Å². The number of hydrogen-bond acceptors (Lipinski definition) is 7. The molecule has 2 aliphatic rings. The number of aliphatic hydroxyl groups is 1. The monoisotopic (exact) mass is 402 g/mol. The lowest BCUT2D eigenvalue weighted by Crippen LogP contribution is -2.55. The van der Waals surface area contributed by atoms with Crippen LogP contribution in [0, 0.1) is 0 Å². The first-order chi connectivity index (χ1) is 12.7. The lowest BCUT2D eigenvalue weighted by Gasteiger charge is -2.38. The van der Waals surface area contributed by atoms with Crippen molar-refractivity contribution in [1.29, 1.82) is 0 Å². The van der Waals surface area contributed by atoms with E-state index in [1.807, 2.05) is 0 Å². The lowest BCUT2D eigenvalue weighted by atomic mass is 10.00. The number of carbonyl (C=O) groups excluding carboxylic acids is 1. The third-order valence-electron chi connectivity index (χ3n) is 3.82. The lowest BCUT2D eigenvalue weighted by molar-refractivity contribution is -0.162. The van der Waals surface area contributed by atoms with Gasteiger partial charge in [0, 0.05) is 6.54 Å². The van der Waals surface area contributed by atoms with Crippen molar-refractivity contribution in [3.8, 4) is 0 Å².